The summed E-state index contributed by atoms with van der Waals surface area (Å²) in [5.74, 6) is -2.23. The van der Waals surface area contributed by atoms with Crippen molar-refractivity contribution in [2.24, 2.45) is 0 Å². The third-order valence-electron chi connectivity index (χ3n) is 5.04. The van der Waals surface area contributed by atoms with Gasteiger partial charge in [0.25, 0.3) is 11.8 Å². The normalized spacial score (nSPS) is 14.6. The summed E-state index contributed by atoms with van der Waals surface area (Å²) in [5.41, 5.74) is -1.84. The summed E-state index contributed by atoms with van der Waals surface area (Å²) in [5, 5.41) is 15.7. The topological polar surface area (TPSA) is 146 Å². The van der Waals surface area contributed by atoms with Crippen molar-refractivity contribution in [3.05, 3.63) is 45.1 Å². The van der Waals surface area contributed by atoms with Crippen molar-refractivity contribution in [2.45, 2.75) is 12.2 Å². The molecule has 4 N–H and O–H groups in total. The smallest absolute Gasteiger partial charge is 0.418 e. The number of carbonyl (C=O) groups excluding carboxylic acids is 4. The molecule has 2 aromatic rings. The zero-order valence-corrected chi connectivity index (χ0v) is 21.0. The second-order valence-corrected chi connectivity index (χ2v) is 9.40. The highest BCUT2D eigenvalue weighted by molar-refractivity contribution is 7.18. The monoisotopic (exact) mass is 578 g/mol. The minimum Gasteiger partial charge on any atom is -0.447 e. The quantitative estimate of drug-likeness (QED) is 0.357. The fourth-order valence-electron chi connectivity index (χ4n) is 3.33. The van der Waals surface area contributed by atoms with Crippen LogP contribution in [-0.2, 0) is 25.2 Å². The van der Waals surface area contributed by atoms with Crippen molar-refractivity contribution in [2.75, 3.05) is 49.7 Å². The maximum absolute atomic E-state index is 13.8. The number of thiophene rings is 1. The van der Waals surface area contributed by atoms with Gasteiger partial charge in [0.15, 0.2) is 0 Å². The fourth-order valence-corrected chi connectivity index (χ4v) is 4.29. The average molecular weight is 579 g/mol. The number of morpholine rings is 1. The van der Waals surface area contributed by atoms with Crippen molar-refractivity contribution < 1.29 is 46.9 Å². The molecule has 0 saturated carbocycles. The molecule has 38 heavy (non-hydrogen) atoms. The number of nitrogens with one attached hydrogen (secondary N) is 3. The minimum atomic E-state index is -4.86. The Hall–Kier alpha value is -3.40. The highest BCUT2D eigenvalue weighted by atomic mass is 35.5. The molecule has 0 spiro atoms. The molecule has 1 aliphatic rings. The van der Waals surface area contributed by atoms with E-state index in [0.29, 0.717) is 10.4 Å². The first-order valence-electron chi connectivity index (χ1n) is 11.0. The number of anilines is 2. The third-order valence-corrected chi connectivity index (χ3v) is 6.27. The van der Waals surface area contributed by atoms with Crippen LogP contribution in [0, 0.1) is 0 Å². The molecule has 11 nitrogen and oxygen atoms in total. The third kappa shape index (κ3) is 7.80. The van der Waals surface area contributed by atoms with Crippen molar-refractivity contribution in [1.29, 1.82) is 0 Å². The lowest BCUT2D eigenvalue weighted by Gasteiger charge is -2.29. The van der Waals surface area contributed by atoms with Gasteiger partial charge in [-0.15, -0.1) is 11.3 Å². The molecule has 0 bridgehead atoms. The number of carbonyl (C=O) groups is 4. The van der Waals surface area contributed by atoms with Crippen LogP contribution in [0.25, 0.3) is 0 Å². The Labute approximate surface area is 222 Å². The zero-order valence-electron chi connectivity index (χ0n) is 19.5. The van der Waals surface area contributed by atoms with E-state index in [4.69, 9.17) is 21.4 Å². The number of alkyl carbamates (subject to hydrolysis) is 1. The van der Waals surface area contributed by atoms with Gasteiger partial charge < -0.3 is 35.4 Å². The van der Waals surface area contributed by atoms with E-state index >= 15 is 0 Å². The number of nitrogens with zero attached hydrogens (tertiary/aromatic N) is 1. The molecule has 0 aliphatic carbocycles. The maximum atomic E-state index is 13.8. The molecule has 4 amide bonds. The minimum absolute atomic E-state index is 0.0602. The Morgan fingerprint density at radius 1 is 1.24 bits per heavy atom. The number of amides is 4. The number of rotatable bonds is 9. The lowest BCUT2D eigenvalue weighted by Crippen LogP contribution is -2.50. The first kappa shape index (κ1) is 29.2. The van der Waals surface area contributed by atoms with Gasteiger partial charge in [0.1, 0.15) is 19.3 Å². The molecule has 1 aliphatic heterocycles. The van der Waals surface area contributed by atoms with Crippen molar-refractivity contribution in [3.8, 4) is 0 Å². The van der Waals surface area contributed by atoms with Gasteiger partial charge >= 0.3 is 12.3 Å². The van der Waals surface area contributed by atoms with Gasteiger partial charge in [-0.3, -0.25) is 14.4 Å². The van der Waals surface area contributed by atoms with Crippen LogP contribution in [-0.4, -0.2) is 74.5 Å². The van der Waals surface area contributed by atoms with E-state index in [2.05, 4.69) is 20.7 Å². The molecule has 1 atom stereocenters. The number of alkyl halides is 3. The zero-order chi connectivity index (χ0) is 27.9. The summed E-state index contributed by atoms with van der Waals surface area (Å²) in [6.45, 7) is -1.70. The summed E-state index contributed by atoms with van der Waals surface area (Å²) in [4.78, 5) is 50.5. The Morgan fingerprint density at radius 3 is 2.63 bits per heavy atom. The summed E-state index contributed by atoms with van der Waals surface area (Å²) in [6, 6.07) is 4.32. The van der Waals surface area contributed by atoms with Gasteiger partial charge in [-0.2, -0.15) is 13.2 Å². The summed E-state index contributed by atoms with van der Waals surface area (Å²) < 4.78 is 51.5. The van der Waals surface area contributed by atoms with E-state index in [-0.39, 0.29) is 36.9 Å². The predicted molar refractivity (Wildman–Crippen MR) is 130 cm³/mol. The second-order valence-electron chi connectivity index (χ2n) is 7.69. The highest BCUT2D eigenvalue weighted by Gasteiger charge is 2.37. The first-order valence-corrected chi connectivity index (χ1v) is 12.2. The number of aliphatic hydroxyl groups is 1. The van der Waals surface area contributed by atoms with E-state index < -0.39 is 60.4 Å². The number of ether oxygens (including phenoxy) is 2. The van der Waals surface area contributed by atoms with E-state index in [1.54, 1.807) is 0 Å². The predicted octanol–water partition coefficient (Wildman–Crippen LogP) is 2.24. The largest absolute Gasteiger partial charge is 0.447 e. The summed E-state index contributed by atoms with van der Waals surface area (Å²) in [6.07, 6.45) is -5.97. The fraction of sp³-hybridized carbons (Fsp3) is 0.364. The van der Waals surface area contributed by atoms with Crippen LogP contribution in [0.15, 0.2) is 30.3 Å². The van der Waals surface area contributed by atoms with Crippen LogP contribution in [0.5, 0.6) is 0 Å². The maximum Gasteiger partial charge on any atom is 0.418 e. The standard InChI is InChI=1S/C22H22ClF3N4O7S/c23-17-4-3-16(38-17)20(34)27-10-14(29-21(35)37-8-6-31)19(33)28-12-1-2-15(13(9-12)22(24,25)26)30-5-7-36-11-18(30)32/h1-4,9,14,31H,5-8,10-11H2,(H,27,34)(H,28,33)(H,29,35)/t14-/m0/s1. The van der Waals surface area contributed by atoms with Crippen LogP contribution in [0.1, 0.15) is 15.2 Å². The van der Waals surface area contributed by atoms with Gasteiger partial charge in [-0.05, 0) is 30.3 Å². The van der Waals surface area contributed by atoms with Gasteiger partial charge in [0.05, 0.1) is 33.7 Å². The Balaban J connectivity index is 1.79. The Bertz CT molecular complexity index is 1190. The van der Waals surface area contributed by atoms with Crippen LogP contribution in [0.4, 0.5) is 29.3 Å². The van der Waals surface area contributed by atoms with E-state index in [1.165, 1.54) is 18.2 Å². The molecule has 1 saturated heterocycles. The van der Waals surface area contributed by atoms with Gasteiger partial charge in [0, 0.05) is 18.8 Å². The molecule has 0 radical (unpaired) electrons. The first-order chi connectivity index (χ1) is 18.0. The van der Waals surface area contributed by atoms with Gasteiger partial charge in [-0.25, -0.2) is 4.79 Å². The van der Waals surface area contributed by atoms with Crippen LogP contribution >= 0.6 is 22.9 Å². The van der Waals surface area contributed by atoms with E-state index in [1.807, 2.05) is 0 Å². The van der Waals surface area contributed by atoms with E-state index in [9.17, 15) is 32.3 Å². The Kier molecular flexibility index (Phi) is 9.90. The van der Waals surface area contributed by atoms with Crippen LogP contribution in [0.3, 0.4) is 0 Å². The molecule has 0 unspecified atom stereocenters. The lowest BCUT2D eigenvalue weighted by molar-refractivity contribution is -0.137. The van der Waals surface area contributed by atoms with Crippen molar-refractivity contribution in [1.82, 2.24) is 10.6 Å². The molecular weight excluding hydrogens is 557 g/mol. The molecular formula is C22H22ClF3N4O7S. The number of aliphatic hydroxyl groups excluding tert-OH is 1. The molecule has 206 valence electrons. The molecule has 2 heterocycles. The highest BCUT2D eigenvalue weighted by Crippen LogP contribution is 2.38. The van der Waals surface area contributed by atoms with Gasteiger partial charge in [-0.1, -0.05) is 11.6 Å². The molecule has 1 aromatic heterocycles. The molecule has 16 heteroatoms. The number of halogens is 4. The van der Waals surface area contributed by atoms with Crippen LogP contribution < -0.4 is 20.9 Å². The number of hydrogen-bond donors (Lipinski definition) is 4. The molecule has 1 fully saturated rings. The molecule has 1 aromatic carbocycles. The number of benzene rings is 1. The lowest BCUT2D eigenvalue weighted by atomic mass is 10.1. The summed E-state index contributed by atoms with van der Waals surface area (Å²) in [7, 11) is 0. The van der Waals surface area contributed by atoms with Crippen molar-refractivity contribution in [3.63, 3.8) is 0 Å². The van der Waals surface area contributed by atoms with E-state index in [0.717, 1.165) is 22.3 Å². The van der Waals surface area contributed by atoms with Gasteiger partial charge in [0.2, 0.25) is 5.91 Å². The number of hydrogen-bond acceptors (Lipinski definition) is 8. The van der Waals surface area contributed by atoms with Crippen LogP contribution in [0.2, 0.25) is 4.34 Å². The Morgan fingerprint density at radius 2 is 2.00 bits per heavy atom. The van der Waals surface area contributed by atoms with Crippen molar-refractivity contribution >= 4 is 58.1 Å². The molecule has 3 rings (SSSR count). The second kappa shape index (κ2) is 12.9. The summed E-state index contributed by atoms with van der Waals surface area (Å²) >= 11 is 6.78. The average Bonchev–Trinajstić information content (AvgIpc) is 3.31. The SMILES string of the molecule is O=C(N[C@@H](CNC(=O)c1ccc(Cl)s1)C(=O)Nc1ccc(N2CCOCC2=O)c(C(F)(F)F)c1)OCCO.